The van der Waals surface area contributed by atoms with Gasteiger partial charge in [0.15, 0.2) is 0 Å². The van der Waals surface area contributed by atoms with Gasteiger partial charge in [-0.05, 0) is 26.2 Å². The first-order chi connectivity index (χ1) is 4.34. The van der Waals surface area contributed by atoms with Crippen LogP contribution >= 0.6 is 12.2 Å². The Labute approximate surface area is 62.0 Å². The average Bonchev–Trinajstić information content (AvgIpc) is 1.89. The Kier molecular flexibility index (Phi) is 2.46. The highest BCUT2D eigenvalue weighted by Gasteiger charge is 2.13. The second kappa shape index (κ2) is 3.16. The summed E-state index contributed by atoms with van der Waals surface area (Å²) < 4.78 is 0. The van der Waals surface area contributed by atoms with Gasteiger partial charge in [0.25, 0.3) is 0 Å². The van der Waals surface area contributed by atoms with Crippen molar-refractivity contribution >= 4 is 17.7 Å². The van der Waals surface area contributed by atoms with Crippen molar-refractivity contribution in [3.8, 4) is 0 Å². The minimum atomic E-state index is 0.691. The molecule has 0 saturated carbocycles. The molecule has 1 aliphatic rings. The van der Waals surface area contributed by atoms with Gasteiger partial charge in [-0.25, -0.2) is 0 Å². The van der Waals surface area contributed by atoms with Crippen molar-refractivity contribution in [3.63, 3.8) is 0 Å². The molecule has 0 radical (unpaired) electrons. The van der Waals surface area contributed by atoms with Crippen LogP contribution in [0.15, 0.2) is 0 Å². The van der Waals surface area contributed by atoms with Gasteiger partial charge in [-0.3, -0.25) is 0 Å². The zero-order valence-electron chi connectivity index (χ0n) is 5.84. The number of thiocarbonyl (C=S) groups is 1. The molecule has 0 aliphatic carbocycles. The molecule has 0 aromatic rings. The molecule has 0 N–H and O–H groups in total. The average molecular weight is 143 g/mol. The number of hydrogen-bond donors (Lipinski definition) is 0. The topological polar surface area (TPSA) is 3.24 Å². The number of likely N-dealkylation sites (tertiary alicyclic amines) is 1. The summed E-state index contributed by atoms with van der Waals surface area (Å²) in [4.78, 5) is 2.25. The fraction of sp³-hybridized carbons (Fsp3) is 0.857. The van der Waals surface area contributed by atoms with Crippen LogP contribution in [-0.4, -0.2) is 23.0 Å². The molecule has 0 bridgehead atoms. The molecule has 9 heavy (non-hydrogen) atoms. The van der Waals surface area contributed by atoms with Gasteiger partial charge >= 0.3 is 0 Å². The first-order valence-electron chi connectivity index (χ1n) is 3.55. The summed E-state index contributed by atoms with van der Waals surface area (Å²) in [6.45, 7) is 3.41. The Morgan fingerprint density at radius 1 is 1.56 bits per heavy atom. The van der Waals surface area contributed by atoms with Crippen molar-refractivity contribution in [1.29, 1.82) is 0 Å². The molecule has 1 fully saturated rings. The summed E-state index contributed by atoms with van der Waals surface area (Å²) in [5.74, 6) is 0. The molecule has 1 saturated heterocycles. The second-order valence-corrected chi connectivity index (χ2v) is 2.90. The molecule has 0 aromatic heterocycles. The molecule has 52 valence electrons. The highest BCUT2D eigenvalue weighted by Crippen LogP contribution is 2.13. The van der Waals surface area contributed by atoms with Gasteiger partial charge in [0.05, 0.1) is 5.49 Å². The quantitative estimate of drug-likeness (QED) is 0.515. The summed E-state index contributed by atoms with van der Waals surface area (Å²) in [5, 5.41) is 0. The van der Waals surface area contributed by atoms with Crippen molar-refractivity contribution in [2.75, 3.05) is 6.54 Å². The zero-order valence-corrected chi connectivity index (χ0v) is 6.66. The lowest BCUT2D eigenvalue weighted by molar-refractivity contribution is 0.269. The Morgan fingerprint density at radius 2 is 2.33 bits per heavy atom. The van der Waals surface area contributed by atoms with Crippen molar-refractivity contribution in [3.05, 3.63) is 0 Å². The van der Waals surface area contributed by atoms with Crippen LogP contribution in [0.3, 0.4) is 0 Å². The first-order valence-corrected chi connectivity index (χ1v) is 4.03. The number of rotatable bonds is 1. The molecule has 2 heteroatoms. The Morgan fingerprint density at radius 3 is 2.78 bits per heavy atom. The highest BCUT2D eigenvalue weighted by atomic mass is 32.1. The molecule has 1 heterocycles. The van der Waals surface area contributed by atoms with Crippen molar-refractivity contribution in [1.82, 2.24) is 4.90 Å². The van der Waals surface area contributed by atoms with Gasteiger partial charge in [0.2, 0.25) is 0 Å². The van der Waals surface area contributed by atoms with Crippen LogP contribution < -0.4 is 0 Å². The fourth-order valence-corrected chi connectivity index (χ4v) is 1.59. The Balaban J connectivity index is 2.38. The minimum absolute atomic E-state index is 0.691. The Bertz CT molecular complexity index is 103. The highest BCUT2D eigenvalue weighted by molar-refractivity contribution is 7.78. The summed E-state index contributed by atoms with van der Waals surface area (Å²) in [5.41, 5.74) is 1.80. The SMILES string of the molecule is CC1CCCCN1C=S. The standard InChI is InChI=1S/C7H13NS/c1-7-4-2-3-5-8(7)6-9/h6-7H,2-5H2,1H3. The third-order valence-electron chi connectivity index (χ3n) is 1.99. The van der Waals surface area contributed by atoms with E-state index >= 15 is 0 Å². The maximum Gasteiger partial charge on any atom is 0.0643 e. The lowest BCUT2D eigenvalue weighted by atomic mass is 10.1. The van der Waals surface area contributed by atoms with Crippen molar-refractivity contribution in [2.45, 2.75) is 32.2 Å². The normalized spacial score (nSPS) is 28.1. The van der Waals surface area contributed by atoms with E-state index in [0.717, 1.165) is 0 Å². The van der Waals surface area contributed by atoms with Crippen molar-refractivity contribution in [2.24, 2.45) is 0 Å². The van der Waals surface area contributed by atoms with Gasteiger partial charge in [0, 0.05) is 12.6 Å². The fourth-order valence-electron chi connectivity index (χ4n) is 1.28. The van der Waals surface area contributed by atoms with E-state index < -0.39 is 0 Å². The molecule has 1 rings (SSSR count). The molecule has 0 aromatic carbocycles. The monoisotopic (exact) mass is 143 g/mol. The first kappa shape index (κ1) is 7.00. The maximum atomic E-state index is 4.85. The van der Waals surface area contributed by atoms with Crippen LogP contribution in [0.4, 0.5) is 0 Å². The van der Waals surface area contributed by atoms with Gasteiger partial charge in [-0.1, -0.05) is 12.2 Å². The van der Waals surface area contributed by atoms with Crippen LogP contribution in [0.5, 0.6) is 0 Å². The second-order valence-electron chi connectivity index (χ2n) is 2.69. The summed E-state index contributed by atoms with van der Waals surface area (Å²) in [6, 6.07) is 0.691. The minimum Gasteiger partial charge on any atom is -0.366 e. The smallest absolute Gasteiger partial charge is 0.0643 e. The maximum absolute atomic E-state index is 4.85. The van der Waals surface area contributed by atoms with Crippen LogP contribution in [0.25, 0.3) is 0 Å². The molecular weight excluding hydrogens is 130 g/mol. The van der Waals surface area contributed by atoms with Gasteiger partial charge < -0.3 is 4.90 Å². The number of nitrogens with zero attached hydrogens (tertiary/aromatic N) is 1. The molecule has 1 nitrogen and oxygen atoms in total. The van der Waals surface area contributed by atoms with E-state index in [1.807, 2.05) is 0 Å². The van der Waals surface area contributed by atoms with E-state index in [9.17, 15) is 0 Å². The van der Waals surface area contributed by atoms with E-state index in [4.69, 9.17) is 12.2 Å². The lowest BCUT2D eigenvalue weighted by Crippen LogP contribution is -2.35. The zero-order chi connectivity index (χ0) is 6.69. The number of hydrogen-bond acceptors (Lipinski definition) is 1. The predicted molar refractivity (Wildman–Crippen MR) is 43.7 cm³/mol. The van der Waals surface area contributed by atoms with E-state index in [2.05, 4.69) is 11.8 Å². The third kappa shape index (κ3) is 1.65. The number of piperidine rings is 1. The predicted octanol–water partition coefficient (Wildman–Crippen LogP) is 1.82. The van der Waals surface area contributed by atoms with Crippen LogP contribution in [-0.2, 0) is 0 Å². The van der Waals surface area contributed by atoms with Gasteiger partial charge in [0.1, 0.15) is 0 Å². The molecule has 1 atom stereocenters. The van der Waals surface area contributed by atoms with Crippen LogP contribution in [0, 0.1) is 0 Å². The van der Waals surface area contributed by atoms with E-state index in [1.54, 1.807) is 5.49 Å². The molecule has 1 aliphatic heterocycles. The molecule has 1 unspecified atom stereocenters. The van der Waals surface area contributed by atoms with E-state index in [-0.39, 0.29) is 0 Å². The molecule has 0 amide bonds. The summed E-state index contributed by atoms with van der Waals surface area (Å²) in [7, 11) is 0. The third-order valence-corrected chi connectivity index (χ3v) is 2.26. The summed E-state index contributed by atoms with van der Waals surface area (Å²) in [6.07, 6.45) is 4.01. The molecular formula is C7H13NS. The molecule has 0 spiro atoms. The van der Waals surface area contributed by atoms with E-state index in [1.165, 1.54) is 25.8 Å². The Hall–Kier alpha value is -0.110. The van der Waals surface area contributed by atoms with Crippen molar-refractivity contribution < 1.29 is 0 Å². The van der Waals surface area contributed by atoms with E-state index in [0.29, 0.717) is 6.04 Å². The van der Waals surface area contributed by atoms with Crippen LogP contribution in [0.1, 0.15) is 26.2 Å². The van der Waals surface area contributed by atoms with Crippen LogP contribution in [0.2, 0.25) is 0 Å². The van der Waals surface area contributed by atoms with Gasteiger partial charge in [-0.2, -0.15) is 0 Å². The largest absolute Gasteiger partial charge is 0.366 e. The lowest BCUT2D eigenvalue weighted by Gasteiger charge is -2.30. The van der Waals surface area contributed by atoms with Gasteiger partial charge in [-0.15, -0.1) is 0 Å². The summed E-state index contributed by atoms with van der Waals surface area (Å²) >= 11 is 4.85.